The van der Waals surface area contributed by atoms with E-state index in [9.17, 15) is 13.5 Å². The summed E-state index contributed by atoms with van der Waals surface area (Å²) < 4.78 is 30.3. The number of guanidine groups is 1. The summed E-state index contributed by atoms with van der Waals surface area (Å²) in [6.07, 6.45) is 1.26. The number of aliphatic hydroxyl groups excluding tert-OH is 1. The van der Waals surface area contributed by atoms with E-state index < -0.39 is 16.1 Å². The molecule has 3 N–H and O–H groups in total. The number of halogens is 1. The van der Waals surface area contributed by atoms with Crippen molar-refractivity contribution in [2.24, 2.45) is 4.99 Å². The average Bonchev–Trinajstić information content (AvgIpc) is 2.64. The zero-order chi connectivity index (χ0) is 21.9. The Morgan fingerprint density at radius 3 is 2.33 bits per heavy atom. The molecule has 0 aliphatic carbocycles. The Morgan fingerprint density at radius 1 is 1.20 bits per heavy atom. The van der Waals surface area contributed by atoms with E-state index in [-0.39, 0.29) is 36.6 Å². The SMILES string of the molecule is CCNC(=NCC(O)c1ccc(OC(C)C)cc1)NCCCN(CC)S(C)(=O)=O.I. The lowest BCUT2D eigenvalue weighted by atomic mass is 10.1. The van der Waals surface area contributed by atoms with E-state index in [1.807, 2.05) is 52.0 Å². The number of nitrogens with one attached hydrogen (secondary N) is 2. The maximum absolute atomic E-state index is 11.6. The Labute approximate surface area is 198 Å². The second-order valence-electron chi connectivity index (χ2n) is 7.01. The third-order valence-corrected chi connectivity index (χ3v) is 5.48. The first-order valence-corrected chi connectivity index (χ1v) is 11.9. The molecule has 0 heterocycles. The van der Waals surface area contributed by atoms with Crippen LogP contribution in [0.25, 0.3) is 0 Å². The van der Waals surface area contributed by atoms with E-state index in [2.05, 4.69) is 15.6 Å². The van der Waals surface area contributed by atoms with E-state index >= 15 is 0 Å². The monoisotopic (exact) mass is 556 g/mol. The van der Waals surface area contributed by atoms with Gasteiger partial charge in [-0.15, -0.1) is 24.0 Å². The molecule has 0 aliphatic heterocycles. The summed E-state index contributed by atoms with van der Waals surface area (Å²) in [5.41, 5.74) is 0.771. The summed E-state index contributed by atoms with van der Waals surface area (Å²) in [5, 5.41) is 16.7. The highest BCUT2D eigenvalue weighted by atomic mass is 127. The fourth-order valence-electron chi connectivity index (χ4n) is 2.69. The number of benzene rings is 1. The number of aliphatic imine (C=N–C) groups is 1. The van der Waals surface area contributed by atoms with Crippen molar-refractivity contribution in [3.05, 3.63) is 29.8 Å². The molecule has 30 heavy (non-hydrogen) atoms. The molecule has 0 fully saturated rings. The Hall–Kier alpha value is -1.11. The molecule has 1 atom stereocenters. The molecule has 0 saturated heterocycles. The molecule has 1 unspecified atom stereocenters. The van der Waals surface area contributed by atoms with Crippen molar-refractivity contribution in [2.45, 2.75) is 46.3 Å². The first-order chi connectivity index (χ1) is 13.7. The van der Waals surface area contributed by atoms with Gasteiger partial charge in [-0.25, -0.2) is 12.7 Å². The molecule has 0 saturated carbocycles. The molecule has 0 spiro atoms. The lowest BCUT2D eigenvalue weighted by Gasteiger charge is -2.18. The minimum atomic E-state index is -3.17. The van der Waals surface area contributed by atoms with Crippen molar-refractivity contribution in [1.82, 2.24) is 14.9 Å². The number of nitrogens with zero attached hydrogens (tertiary/aromatic N) is 2. The lowest BCUT2D eigenvalue weighted by molar-refractivity contribution is 0.186. The number of sulfonamides is 1. The van der Waals surface area contributed by atoms with Crippen LogP contribution in [0.4, 0.5) is 0 Å². The number of hydrogen-bond donors (Lipinski definition) is 3. The molecular weight excluding hydrogens is 519 g/mol. The van der Waals surface area contributed by atoms with Crippen LogP contribution in [0.5, 0.6) is 5.75 Å². The predicted octanol–water partition coefficient (Wildman–Crippen LogP) is 2.35. The van der Waals surface area contributed by atoms with Crippen LogP contribution < -0.4 is 15.4 Å². The van der Waals surface area contributed by atoms with Crippen LogP contribution in [0.15, 0.2) is 29.3 Å². The third-order valence-electron chi connectivity index (χ3n) is 4.10. The molecule has 0 amide bonds. The van der Waals surface area contributed by atoms with Gasteiger partial charge in [-0.3, -0.25) is 4.99 Å². The second-order valence-corrected chi connectivity index (χ2v) is 8.99. The van der Waals surface area contributed by atoms with E-state index in [1.54, 1.807) is 0 Å². The minimum Gasteiger partial charge on any atom is -0.491 e. The van der Waals surface area contributed by atoms with E-state index in [0.717, 1.165) is 11.3 Å². The van der Waals surface area contributed by atoms with Crippen LogP contribution in [-0.4, -0.2) is 68.9 Å². The quantitative estimate of drug-likeness (QED) is 0.158. The van der Waals surface area contributed by atoms with Gasteiger partial charge in [0.1, 0.15) is 5.75 Å². The number of ether oxygens (including phenoxy) is 1. The molecule has 174 valence electrons. The normalized spacial score (nSPS) is 13.1. The molecule has 0 radical (unpaired) electrons. The van der Waals surface area contributed by atoms with Crippen molar-refractivity contribution in [2.75, 3.05) is 39.0 Å². The standard InChI is InChI=1S/C20H36N4O4S.HI/c1-6-21-20(22-13-8-14-24(7-2)29(5,26)27)23-15-19(25)17-9-11-18(12-10-17)28-16(3)4;/h9-12,16,19,25H,6-8,13-15H2,1-5H3,(H2,21,22,23);1H. The molecule has 0 bridgehead atoms. The second kappa shape index (κ2) is 14.8. The molecule has 1 rings (SSSR count). The fraction of sp³-hybridized carbons (Fsp3) is 0.650. The largest absolute Gasteiger partial charge is 0.491 e. The van der Waals surface area contributed by atoms with Gasteiger partial charge < -0.3 is 20.5 Å². The Morgan fingerprint density at radius 2 is 1.83 bits per heavy atom. The topological polar surface area (TPSA) is 103 Å². The van der Waals surface area contributed by atoms with Gasteiger partial charge >= 0.3 is 0 Å². The highest BCUT2D eigenvalue weighted by molar-refractivity contribution is 14.0. The van der Waals surface area contributed by atoms with E-state index in [4.69, 9.17) is 4.74 Å². The lowest BCUT2D eigenvalue weighted by Crippen LogP contribution is -2.39. The van der Waals surface area contributed by atoms with Crippen LogP contribution in [0.1, 0.15) is 45.8 Å². The zero-order valence-electron chi connectivity index (χ0n) is 18.6. The van der Waals surface area contributed by atoms with Crippen LogP contribution in [-0.2, 0) is 10.0 Å². The van der Waals surface area contributed by atoms with Gasteiger partial charge in [0.15, 0.2) is 5.96 Å². The maximum Gasteiger partial charge on any atom is 0.211 e. The van der Waals surface area contributed by atoms with Gasteiger partial charge in [-0.05, 0) is 44.9 Å². The summed E-state index contributed by atoms with van der Waals surface area (Å²) >= 11 is 0. The summed E-state index contributed by atoms with van der Waals surface area (Å²) in [4.78, 5) is 4.43. The van der Waals surface area contributed by atoms with E-state index in [0.29, 0.717) is 38.6 Å². The van der Waals surface area contributed by atoms with Crippen molar-refractivity contribution in [1.29, 1.82) is 0 Å². The summed E-state index contributed by atoms with van der Waals surface area (Å²) in [6.45, 7) is 10.1. The summed E-state index contributed by atoms with van der Waals surface area (Å²) in [5.74, 6) is 1.36. The van der Waals surface area contributed by atoms with Crippen LogP contribution in [0.3, 0.4) is 0 Å². The molecule has 0 aliphatic rings. The summed E-state index contributed by atoms with van der Waals surface area (Å²) in [7, 11) is -3.17. The van der Waals surface area contributed by atoms with Crippen LogP contribution >= 0.6 is 24.0 Å². The van der Waals surface area contributed by atoms with Crippen molar-refractivity contribution in [3.8, 4) is 5.75 Å². The van der Waals surface area contributed by atoms with Gasteiger partial charge in [0.05, 0.1) is 25.0 Å². The fourth-order valence-corrected chi connectivity index (χ4v) is 3.62. The molecule has 10 heteroatoms. The van der Waals surface area contributed by atoms with Crippen molar-refractivity contribution in [3.63, 3.8) is 0 Å². The molecule has 8 nitrogen and oxygen atoms in total. The maximum atomic E-state index is 11.6. The molecule has 0 aromatic heterocycles. The molecule has 1 aromatic rings. The van der Waals surface area contributed by atoms with Gasteiger partial charge in [-0.2, -0.15) is 0 Å². The smallest absolute Gasteiger partial charge is 0.211 e. The molecular formula is C20H37IN4O4S. The Kier molecular flexibility index (Phi) is 14.3. The highest BCUT2D eigenvalue weighted by Crippen LogP contribution is 2.19. The highest BCUT2D eigenvalue weighted by Gasteiger charge is 2.13. The van der Waals surface area contributed by atoms with Crippen LogP contribution in [0, 0.1) is 0 Å². The van der Waals surface area contributed by atoms with Crippen molar-refractivity contribution < 1.29 is 18.3 Å². The van der Waals surface area contributed by atoms with Crippen molar-refractivity contribution >= 4 is 40.0 Å². The summed E-state index contributed by atoms with van der Waals surface area (Å²) in [6, 6.07) is 7.35. The van der Waals surface area contributed by atoms with Gasteiger partial charge in [0.25, 0.3) is 0 Å². The predicted molar refractivity (Wildman–Crippen MR) is 133 cm³/mol. The first-order valence-electron chi connectivity index (χ1n) is 10.1. The van der Waals surface area contributed by atoms with E-state index in [1.165, 1.54) is 10.6 Å². The van der Waals surface area contributed by atoms with Gasteiger partial charge in [0, 0.05) is 26.2 Å². The number of rotatable bonds is 12. The zero-order valence-corrected chi connectivity index (χ0v) is 21.7. The van der Waals surface area contributed by atoms with Crippen LogP contribution in [0.2, 0.25) is 0 Å². The van der Waals surface area contributed by atoms with Gasteiger partial charge in [0.2, 0.25) is 10.0 Å². The third kappa shape index (κ3) is 11.3. The first kappa shape index (κ1) is 28.9. The Bertz CT molecular complexity index is 727. The average molecular weight is 557 g/mol. The minimum absolute atomic E-state index is 0. The van der Waals surface area contributed by atoms with Gasteiger partial charge in [-0.1, -0.05) is 19.1 Å². The number of hydrogen-bond acceptors (Lipinski definition) is 5. The molecule has 1 aromatic carbocycles. The number of aliphatic hydroxyl groups is 1. The Balaban J connectivity index is 0.00000841.